The molecule has 0 aliphatic carbocycles. The maximum atomic E-state index is 12.8. The lowest BCUT2D eigenvalue weighted by atomic mass is 9.75. The van der Waals surface area contributed by atoms with Crippen LogP contribution in [0.15, 0.2) is 70.7 Å². The van der Waals surface area contributed by atoms with E-state index in [1.807, 2.05) is 42.6 Å². The zero-order valence-electron chi connectivity index (χ0n) is 17.8. The number of methoxy groups -OCH3 is 1. The minimum Gasteiger partial charge on any atom is -0.468 e. The molecule has 0 saturated carbocycles. The van der Waals surface area contributed by atoms with Gasteiger partial charge in [0.25, 0.3) is 5.69 Å². The summed E-state index contributed by atoms with van der Waals surface area (Å²) in [6, 6.07) is 16.2. The maximum Gasteiger partial charge on any atom is 0.315 e. The highest BCUT2D eigenvalue weighted by atomic mass is 32.1. The van der Waals surface area contributed by atoms with E-state index in [0.29, 0.717) is 11.3 Å². The summed E-state index contributed by atoms with van der Waals surface area (Å²) in [6.45, 7) is 3.66. The van der Waals surface area contributed by atoms with Crippen LogP contribution in [0.25, 0.3) is 16.8 Å². The first-order chi connectivity index (χ1) is 15.4. The highest BCUT2D eigenvalue weighted by molar-refractivity contribution is 7.11. The number of nitrogens with zero attached hydrogens (tertiary/aromatic N) is 3. The Morgan fingerprint density at radius 2 is 1.88 bits per heavy atom. The van der Waals surface area contributed by atoms with E-state index < -0.39 is 22.7 Å². The van der Waals surface area contributed by atoms with Crippen LogP contribution in [-0.2, 0) is 9.53 Å². The predicted octanol–water partition coefficient (Wildman–Crippen LogP) is 5.50. The third-order valence-corrected chi connectivity index (χ3v) is 6.40. The number of carbonyl (C=O) groups excluding carboxylic acids is 1. The molecule has 4 rings (SSSR count). The van der Waals surface area contributed by atoms with Crippen LogP contribution in [0.1, 0.15) is 30.3 Å². The van der Waals surface area contributed by atoms with Crippen LogP contribution < -0.4 is 0 Å². The number of thiazole rings is 1. The van der Waals surface area contributed by atoms with Crippen molar-refractivity contribution < 1.29 is 14.5 Å². The van der Waals surface area contributed by atoms with Crippen molar-refractivity contribution in [2.45, 2.75) is 19.8 Å². The Hall–Kier alpha value is -3.65. The van der Waals surface area contributed by atoms with Gasteiger partial charge in [-0.2, -0.15) is 0 Å². The van der Waals surface area contributed by atoms with Gasteiger partial charge < -0.3 is 4.74 Å². The number of ether oxygens (including phenoxy) is 1. The minimum atomic E-state index is -0.704. The normalized spacial score (nSPS) is 18.3. The quantitative estimate of drug-likeness (QED) is 0.292. The molecule has 2 aromatic carbocycles. The number of rotatable bonds is 5. The van der Waals surface area contributed by atoms with Crippen LogP contribution in [-0.4, -0.2) is 28.7 Å². The van der Waals surface area contributed by atoms with Gasteiger partial charge in [0.05, 0.1) is 17.7 Å². The Morgan fingerprint density at radius 1 is 1.12 bits per heavy atom. The molecule has 1 aromatic heterocycles. The molecule has 8 heteroatoms. The van der Waals surface area contributed by atoms with Crippen molar-refractivity contribution in [3.8, 4) is 11.3 Å². The summed E-state index contributed by atoms with van der Waals surface area (Å²) in [5, 5.41) is 14.1. The van der Waals surface area contributed by atoms with Gasteiger partial charge >= 0.3 is 5.97 Å². The molecule has 1 aliphatic heterocycles. The second-order valence-corrected chi connectivity index (χ2v) is 8.34. The van der Waals surface area contributed by atoms with E-state index in [1.165, 1.54) is 30.6 Å². The number of nitro groups is 1. The van der Waals surface area contributed by atoms with E-state index in [4.69, 9.17) is 9.72 Å². The number of hydrogen-bond donors (Lipinski definition) is 0. The SMILES string of the molecule is COC(=O)C1C(C)=NC(C)=C(c2nc(-c3ccccc3)cs2)C1c1cccc([N+](=O)[O-])c1. The molecule has 7 nitrogen and oxygen atoms in total. The van der Waals surface area contributed by atoms with E-state index in [9.17, 15) is 14.9 Å². The average molecular weight is 448 g/mol. The lowest BCUT2D eigenvalue weighted by Crippen LogP contribution is -2.33. The second-order valence-electron chi connectivity index (χ2n) is 7.49. The van der Waals surface area contributed by atoms with Crippen molar-refractivity contribution in [3.63, 3.8) is 0 Å². The molecule has 0 bridgehead atoms. The third kappa shape index (κ3) is 3.97. The van der Waals surface area contributed by atoms with Crippen LogP contribution in [0.3, 0.4) is 0 Å². The second kappa shape index (κ2) is 8.84. The van der Waals surface area contributed by atoms with Crippen molar-refractivity contribution in [2.24, 2.45) is 10.9 Å². The molecule has 0 radical (unpaired) electrons. The van der Waals surface area contributed by atoms with Gasteiger partial charge in [-0.1, -0.05) is 42.5 Å². The van der Waals surface area contributed by atoms with Gasteiger partial charge in [-0.25, -0.2) is 4.98 Å². The highest BCUT2D eigenvalue weighted by Gasteiger charge is 2.41. The Balaban J connectivity index is 1.89. The average Bonchev–Trinajstić information content (AvgIpc) is 3.28. The van der Waals surface area contributed by atoms with Gasteiger partial charge in [0.15, 0.2) is 0 Å². The Bertz CT molecular complexity index is 1250. The van der Waals surface area contributed by atoms with E-state index in [1.54, 1.807) is 19.1 Å². The van der Waals surface area contributed by atoms with Crippen LogP contribution in [0.2, 0.25) is 0 Å². The number of carbonyl (C=O) groups is 1. The van der Waals surface area contributed by atoms with Gasteiger partial charge in [0.1, 0.15) is 10.9 Å². The standard InChI is InChI=1S/C24H21N3O4S/c1-14-20(23-26-19(13-32-23)16-8-5-4-6-9-16)22(21(15(2)25-14)24(28)31-3)17-10-7-11-18(12-17)27(29)30/h4-13,21-22H,1-3H3. The predicted molar refractivity (Wildman–Crippen MR) is 125 cm³/mol. The fourth-order valence-electron chi connectivity index (χ4n) is 4.08. The summed E-state index contributed by atoms with van der Waals surface area (Å²) in [5.41, 5.74) is 4.54. The molecule has 3 aromatic rings. The van der Waals surface area contributed by atoms with Crippen molar-refractivity contribution in [3.05, 3.63) is 86.4 Å². The number of non-ortho nitro benzene ring substituents is 1. The number of allylic oxidation sites excluding steroid dienone is 2. The molecule has 2 atom stereocenters. The first kappa shape index (κ1) is 21.6. The molecule has 2 unspecified atom stereocenters. The number of benzene rings is 2. The Labute approximate surface area is 189 Å². The lowest BCUT2D eigenvalue weighted by molar-refractivity contribution is -0.384. The van der Waals surface area contributed by atoms with Crippen molar-refractivity contribution in [1.29, 1.82) is 0 Å². The molecule has 0 spiro atoms. The molecule has 0 amide bonds. The first-order valence-corrected chi connectivity index (χ1v) is 10.9. The van der Waals surface area contributed by atoms with Gasteiger partial charge in [-0.05, 0) is 19.4 Å². The van der Waals surface area contributed by atoms with Crippen molar-refractivity contribution in [1.82, 2.24) is 4.98 Å². The molecule has 1 aliphatic rings. The van der Waals surface area contributed by atoms with Gasteiger partial charge in [0.2, 0.25) is 0 Å². The fourth-order valence-corrected chi connectivity index (χ4v) is 5.04. The summed E-state index contributed by atoms with van der Waals surface area (Å²) in [6.07, 6.45) is 0. The molecule has 0 N–H and O–H groups in total. The number of aromatic nitrogens is 1. The first-order valence-electron chi connectivity index (χ1n) is 10.00. The van der Waals surface area contributed by atoms with E-state index in [0.717, 1.165) is 27.5 Å². The van der Waals surface area contributed by atoms with E-state index >= 15 is 0 Å². The topological polar surface area (TPSA) is 94.7 Å². The molecule has 0 saturated heterocycles. The van der Waals surface area contributed by atoms with Crippen LogP contribution in [0.4, 0.5) is 5.69 Å². The summed E-state index contributed by atoms with van der Waals surface area (Å²) < 4.78 is 5.09. The molecule has 162 valence electrons. The van der Waals surface area contributed by atoms with Gasteiger partial charge in [-0.15, -0.1) is 11.3 Å². The summed E-state index contributed by atoms with van der Waals surface area (Å²) >= 11 is 1.46. The van der Waals surface area contributed by atoms with Crippen molar-refractivity contribution in [2.75, 3.05) is 7.11 Å². The zero-order chi connectivity index (χ0) is 22.8. The van der Waals surface area contributed by atoms with E-state index in [-0.39, 0.29) is 5.69 Å². The molecular weight excluding hydrogens is 426 g/mol. The van der Waals surface area contributed by atoms with Gasteiger partial charge in [0, 0.05) is 46.0 Å². The Morgan fingerprint density at radius 3 is 2.56 bits per heavy atom. The van der Waals surface area contributed by atoms with Crippen LogP contribution in [0, 0.1) is 16.0 Å². The molecule has 0 fully saturated rings. The molecule has 2 heterocycles. The molecule has 32 heavy (non-hydrogen) atoms. The smallest absolute Gasteiger partial charge is 0.315 e. The number of esters is 1. The number of hydrogen-bond acceptors (Lipinski definition) is 7. The largest absolute Gasteiger partial charge is 0.468 e. The van der Waals surface area contributed by atoms with Crippen LogP contribution in [0.5, 0.6) is 0 Å². The lowest BCUT2D eigenvalue weighted by Gasteiger charge is -2.31. The Kier molecular flexibility index (Phi) is 5.96. The van der Waals surface area contributed by atoms with Gasteiger partial charge in [-0.3, -0.25) is 19.9 Å². The van der Waals surface area contributed by atoms with Crippen molar-refractivity contribution >= 4 is 34.3 Å². The maximum absolute atomic E-state index is 12.8. The summed E-state index contributed by atoms with van der Waals surface area (Å²) in [4.78, 5) is 33.3. The third-order valence-electron chi connectivity index (χ3n) is 5.53. The highest BCUT2D eigenvalue weighted by Crippen LogP contribution is 2.46. The zero-order valence-corrected chi connectivity index (χ0v) is 18.6. The fraction of sp³-hybridized carbons (Fsp3) is 0.208. The van der Waals surface area contributed by atoms with Crippen LogP contribution >= 0.6 is 11.3 Å². The molecular formula is C24H21N3O4S. The minimum absolute atomic E-state index is 0.0348. The summed E-state index contributed by atoms with van der Waals surface area (Å²) in [7, 11) is 1.34. The summed E-state index contributed by atoms with van der Waals surface area (Å²) in [5.74, 6) is -1.65. The number of nitro benzene ring substituents is 1. The number of aliphatic imine (C=N–C) groups is 1. The van der Waals surface area contributed by atoms with E-state index in [2.05, 4.69) is 4.99 Å². The monoisotopic (exact) mass is 447 g/mol.